The van der Waals surface area contributed by atoms with Gasteiger partial charge in [-0.1, -0.05) is 23.7 Å². The van der Waals surface area contributed by atoms with Crippen molar-refractivity contribution >= 4 is 40.7 Å². The number of carbonyl (C=O) groups excluding carboxylic acids is 3. The molecule has 1 aliphatic rings. The lowest BCUT2D eigenvalue weighted by Crippen LogP contribution is -2.48. The molecule has 2 heterocycles. The second-order valence-electron chi connectivity index (χ2n) is 12.5. The summed E-state index contributed by atoms with van der Waals surface area (Å²) in [5, 5.41) is 1.08. The van der Waals surface area contributed by atoms with E-state index in [0.29, 0.717) is 46.7 Å². The number of likely N-dealkylation sites (tertiary alicyclic amines) is 1. The second-order valence-corrected chi connectivity index (χ2v) is 12.9. The Kier molecular flexibility index (Phi) is 8.83. The number of rotatable bonds is 4. The number of aromatic nitrogens is 1. The van der Waals surface area contributed by atoms with E-state index in [1.165, 1.54) is 11.7 Å². The Balaban J connectivity index is 1.70. The smallest absolute Gasteiger partial charge is 0.419 e. The summed E-state index contributed by atoms with van der Waals surface area (Å²) < 4.78 is 24.2. The molecule has 1 aliphatic heterocycles. The van der Waals surface area contributed by atoms with Gasteiger partial charge in [-0.3, -0.25) is 4.57 Å². The van der Waals surface area contributed by atoms with E-state index < -0.39 is 29.4 Å². The van der Waals surface area contributed by atoms with Gasteiger partial charge < -0.3 is 23.8 Å². The Hall–Kier alpha value is -3.72. The summed E-state index contributed by atoms with van der Waals surface area (Å²) in [5.41, 5.74) is 1.33. The van der Waals surface area contributed by atoms with Gasteiger partial charge in [0.1, 0.15) is 23.1 Å². The van der Waals surface area contributed by atoms with Gasteiger partial charge in [-0.15, -0.1) is 0 Å². The van der Waals surface area contributed by atoms with E-state index in [1.807, 2.05) is 39.8 Å². The highest BCUT2D eigenvalue weighted by molar-refractivity contribution is 6.36. The van der Waals surface area contributed by atoms with Crippen LogP contribution in [-0.2, 0) is 14.2 Å². The fraction of sp³-hybridized carbons (Fsp3) is 0.469. The van der Waals surface area contributed by atoms with E-state index in [2.05, 4.69) is 0 Å². The molecule has 1 fully saturated rings. The number of hydrogen-bond acceptors (Lipinski definition) is 7. The van der Waals surface area contributed by atoms with E-state index in [1.54, 1.807) is 56.1 Å². The molecule has 2 aromatic carbocycles. The molecule has 2 atom stereocenters. The molecule has 1 amide bonds. The number of benzene rings is 2. The largest absolute Gasteiger partial charge is 0.489 e. The number of fused-ring (bicyclic) bond motifs is 1. The number of esters is 1. The third-order valence-electron chi connectivity index (χ3n) is 6.88. The molecule has 10 heteroatoms. The van der Waals surface area contributed by atoms with Gasteiger partial charge in [0.2, 0.25) is 0 Å². The highest BCUT2D eigenvalue weighted by Gasteiger charge is 2.37. The van der Waals surface area contributed by atoms with Gasteiger partial charge in [0.15, 0.2) is 0 Å². The van der Waals surface area contributed by atoms with E-state index in [0.717, 1.165) is 11.1 Å². The number of amides is 1. The SMILES string of the molecule is COC(=O)c1ccc([C@@H]2CN(C(=O)OC(C)(C)C)CC[C@H]2Oc2c(C)cc(Cl)c3c2ccn3C(=O)OC(C)(C)C)cc1. The maximum atomic E-state index is 13.0. The van der Waals surface area contributed by atoms with Crippen molar-refractivity contribution in [1.82, 2.24) is 9.47 Å². The van der Waals surface area contributed by atoms with Gasteiger partial charge in [0, 0.05) is 37.0 Å². The number of nitrogens with zero attached hydrogens (tertiary/aromatic N) is 2. The average molecular weight is 599 g/mol. The minimum atomic E-state index is -0.678. The minimum absolute atomic E-state index is 0.240. The lowest BCUT2D eigenvalue weighted by atomic mass is 9.87. The number of methoxy groups -OCH3 is 1. The Bertz CT molecular complexity index is 1480. The number of hydrogen-bond donors (Lipinski definition) is 0. The fourth-order valence-corrected chi connectivity index (χ4v) is 5.39. The number of aryl methyl sites for hydroxylation is 1. The van der Waals surface area contributed by atoms with Crippen LogP contribution in [0.2, 0.25) is 5.02 Å². The summed E-state index contributed by atoms with van der Waals surface area (Å²) >= 11 is 6.64. The summed E-state index contributed by atoms with van der Waals surface area (Å²) in [6.45, 7) is 13.6. The molecule has 1 saturated heterocycles. The van der Waals surface area contributed by atoms with Crippen LogP contribution in [0.1, 0.15) is 75.4 Å². The van der Waals surface area contributed by atoms with E-state index in [9.17, 15) is 14.4 Å². The van der Waals surface area contributed by atoms with Crippen molar-refractivity contribution < 1.29 is 33.3 Å². The first kappa shape index (κ1) is 31.2. The number of ether oxygens (including phenoxy) is 4. The normalized spacial score (nSPS) is 17.6. The van der Waals surface area contributed by atoms with Gasteiger partial charge in [0.05, 0.1) is 23.2 Å². The molecule has 226 valence electrons. The highest BCUT2D eigenvalue weighted by Crippen LogP contribution is 2.40. The van der Waals surface area contributed by atoms with Crippen LogP contribution in [0.5, 0.6) is 5.75 Å². The first-order chi connectivity index (χ1) is 19.6. The molecule has 9 nitrogen and oxygen atoms in total. The van der Waals surface area contributed by atoms with E-state index in [4.69, 9.17) is 30.5 Å². The minimum Gasteiger partial charge on any atom is -0.489 e. The molecule has 0 spiro atoms. The van der Waals surface area contributed by atoms with Crippen LogP contribution in [-0.4, -0.2) is 65.1 Å². The third-order valence-corrected chi connectivity index (χ3v) is 7.17. The van der Waals surface area contributed by atoms with Crippen LogP contribution in [0.15, 0.2) is 42.6 Å². The molecule has 0 radical (unpaired) electrons. The Morgan fingerprint density at radius 2 is 1.55 bits per heavy atom. The maximum Gasteiger partial charge on any atom is 0.419 e. The number of piperidine rings is 1. The number of halogens is 1. The second kappa shape index (κ2) is 11.9. The number of carbonyl (C=O) groups is 3. The molecular weight excluding hydrogens is 560 g/mol. The molecule has 1 aromatic heterocycles. The Morgan fingerprint density at radius 3 is 2.14 bits per heavy atom. The van der Waals surface area contributed by atoms with Gasteiger partial charge in [0.25, 0.3) is 0 Å². The zero-order valence-electron chi connectivity index (χ0n) is 25.4. The van der Waals surface area contributed by atoms with E-state index in [-0.39, 0.29) is 12.0 Å². The highest BCUT2D eigenvalue weighted by atomic mass is 35.5. The van der Waals surface area contributed by atoms with Crippen molar-refractivity contribution in [2.45, 2.75) is 78.1 Å². The molecular formula is C32H39ClN2O7. The summed E-state index contributed by atoms with van der Waals surface area (Å²) in [4.78, 5) is 39.7. The molecule has 42 heavy (non-hydrogen) atoms. The van der Waals surface area contributed by atoms with Crippen LogP contribution < -0.4 is 4.74 Å². The van der Waals surface area contributed by atoms with E-state index >= 15 is 0 Å². The van der Waals surface area contributed by atoms with Crippen molar-refractivity contribution in [3.63, 3.8) is 0 Å². The topological polar surface area (TPSA) is 96.3 Å². The van der Waals surface area contributed by atoms with Crippen LogP contribution in [0.25, 0.3) is 10.9 Å². The monoisotopic (exact) mass is 598 g/mol. The zero-order valence-corrected chi connectivity index (χ0v) is 26.2. The predicted octanol–water partition coefficient (Wildman–Crippen LogP) is 7.34. The fourth-order valence-electron chi connectivity index (χ4n) is 5.03. The van der Waals surface area contributed by atoms with Gasteiger partial charge >= 0.3 is 18.2 Å². The summed E-state index contributed by atoms with van der Waals surface area (Å²) in [7, 11) is 1.34. The summed E-state index contributed by atoms with van der Waals surface area (Å²) in [6, 6.07) is 10.7. The van der Waals surface area contributed by atoms with Gasteiger partial charge in [-0.05, 0) is 83.9 Å². The molecule has 0 saturated carbocycles. The molecule has 0 bridgehead atoms. The molecule has 4 rings (SSSR count). The van der Waals surface area contributed by atoms with Crippen molar-refractivity contribution in [3.05, 3.63) is 64.3 Å². The molecule has 3 aromatic rings. The van der Waals surface area contributed by atoms with Crippen LogP contribution in [0, 0.1) is 6.92 Å². The quantitative estimate of drug-likeness (QED) is 0.229. The summed E-state index contributed by atoms with van der Waals surface area (Å²) in [6.07, 6.45) is 0.894. The van der Waals surface area contributed by atoms with Crippen LogP contribution in [0.3, 0.4) is 0 Å². The summed E-state index contributed by atoms with van der Waals surface area (Å²) in [5.74, 6) is -0.0679. The standard InChI is InChI=1S/C32H39ClN2O7/c1-19-17-24(33)26-22(13-16-35(26)30(38)42-32(5,6)7)27(19)40-25-14-15-34(29(37)41-31(2,3)4)18-23(25)20-9-11-21(12-10-20)28(36)39-8/h9-13,16-17,23,25H,14-15,18H2,1-8H3/t23-,25+/m0/s1. The lowest BCUT2D eigenvalue weighted by Gasteiger charge is -2.39. The first-order valence-corrected chi connectivity index (χ1v) is 14.3. The molecule has 0 unspecified atom stereocenters. The predicted molar refractivity (Wildman–Crippen MR) is 161 cm³/mol. The van der Waals surface area contributed by atoms with Gasteiger partial charge in [-0.2, -0.15) is 0 Å². The lowest BCUT2D eigenvalue weighted by molar-refractivity contribution is 0.00777. The molecule has 0 N–H and O–H groups in total. The average Bonchev–Trinajstić information content (AvgIpc) is 3.35. The van der Waals surface area contributed by atoms with Crippen LogP contribution >= 0.6 is 11.6 Å². The van der Waals surface area contributed by atoms with Crippen molar-refractivity contribution in [3.8, 4) is 5.75 Å². The van der Waals surface area contributed by atoms with Crippen LogP contribution in [0.4, 0.5) is 9.59 Å². The van der Waals surface area contributed by atoms with Gasteiger partial charge in [-0.25, -0.2) is 14.4 Å². The van der Waals surface area contributed by atoms with Crippen molar-refractivity contribution in [2.75, 3.05) is 20.2 Å². The maximum absolute atomic E-state index is 13.0. The molecule has 0 aliphatic carbocycles. The first-order valence-electron chi connectivity index (χ1n) is 13.9. The van der Waals surface area contributed by atoms with Crippen molar-refractivity contribution in [2.24, 2.45) is 0 Å². The zero-order chi connectivity index (χ0) is 31.0. The Labute approximate surface area is 251 Å². The van der Waals surface area contributed by atoms with Crippen molar-refractivity contribution in [1.29, 1.82) is 0 Å². The Morgan fingerprint density at radius 1 is 0.929 bits per heavy atom. The third kappa shape index (κ3) is 7.01.